The van der Waals surface area contributed by atoms with Gasteiger partial charge in [-0.1, -0.05) is 45.7 Å². The fraction of sp³-hybridized carbons (Fsp3) is 0.933. The van der Waals surface area contributed by atoms with Crippen LogP contribution in [0.15, 0.2) is 0 Å². The van der Waals surface area contributed by atoms with Gasteiger partial charge in [-0.3, -0.25) is 4.79 Å². The van der Waals surface area contributed by atoms with E-state index in [9.17, 15) is 9.90 Å². The fourth-order valence-electron chi connectivity index (χ4n) is 10.5. The van der Waals surface area contributed by atoms with Gasteiger partial charge >= 0.3 is 5.97 Å². The van der Waals surface area contributed by atoms with Crippen LogP contribution in [-0.2, 0) is 16.0 Å². The molecule has 5 rings (SSSR count). The second kappa shape index (κ2) is 10.6. The van der Waals surface area contributed by atoms with Gasteiger partial charge in [0.05, 0.1) is 6.10 Å². The smallest absolute Gasteiger partial charge is 0.302 e. The number of unbranched alkanes of at least 4 members (excludes halogenated alkanes) is 1. The molecule has 0 radical (unpaired) electrons. The van der Waals surface area contributed by atoms with Crippen molar-refractivity contribution in [2.45, 2.75) is 124 Å². The van der Waals surface area contributed by atoms with Crippen molar-refractivity contribution < 1.29 is 14.6 Å². The van der Waals surface area contributed by atoms with E-state index in [-0.39, 0.29) is 23.6 Å². The second-order valence-corrected chi connectivity index (χ2v) is 13.8. The number of hydrogen-bond donors (Lipinski definition) is 2. The average Bonchev–Trinajstić information content (AvgIpc) is 3.50. The lowest BCUT2D eigenvalue weighted by Crippen LogP contribution is -2.63. The van der Waals surface area contributed by atoms with Gasteiger partial charge in [0, 0.05) is 19.3 Å². The average molecular weight is 515 g/mol. The van der Waals surface area contributed by atoms with Gasteiger partial charge in [-0.15, -0.1) is 10.2 Å². The highest BCUT2D eigenvalue weighted by atomic mass is 16.5. The third-order valence-corrected chi connectivity index (χ3v) is 12.1. The number of esters is 1. The lowest BCUT2D eigenvalue weighted by Gasteiger charge is -2.65. The van der Waals surface area contributed by atoms with E-state index in [1.54, 1.807) is 6.92 Å². The zero-order chi connectivity index (χ0) is 26.4. The van der Waals surface area contributed by atoms with Crippen molar-refractivity contribution in [2.75, 3.05) is 0 Å². The zero-order valence-electron chi connectivity index (χ0n) is 23.8. The molecule has 11 atom stereocenters. The van der Waals surface area contributed by atoms with Gasteiger partial charge in [-0.25, -0.2) is 0 Å². The predicted molar refractivity (Wildman–Crippen MR) is 142 cm³/mol. The molecule has 2 N–H and O–H groups in total. The van der Waals surface area contributed by atoms with Crippen LogP contribution in [-0.4, -0.2) is 43.9 Å². The number of rotatable bonds is 8. The monoisotopic (exact) mass is 514 g/mol. The molecule has 0 saturated heterocycles. The van der Waals surface area contributed by atoms with Gasteiger partial charge in [-0.2, -0.15) is 5.21 Å². The maximum absolute atomic E-state index is 12.4. The highest BCUT2D eigenvalue weighted by Crippen LogP contribution is 2.70. The van der Waals surface area contributed by atoms with Gasteiger partial charge in [0.2, 0.25) is 0 Å². The van der Waals surface area contributed by atoms with E-state index in [2.05, 4.69) is 48.3 Å². The van der Waals surface area contributed by atoms with Gasteiger partial charge in [0.1, 0.15) is 6.10 Å². The number of carbonyl (C=O) groups excluding carboxylic acids is 1. The van der Waals surface area contributed by atoms with Crippen molar-refractivity contribution >= 4 is 5.97 Å². The Bertz CT molecular complexity index is 924. The van der Waals surface area contributed by atoms with Crippen LogP contribution in [0, 0.1) is 52.3 Å². The van der Waals surface area contributed by atoms with Gasteiger partial charge < -0.3 is 9.84 Å². The van der Waals surface area contributed by atoms with Crippen LogP contribution in [0.3, 0.4) is 0 Å². The van der Waals surface area contributed by atoms with E-state index in [0.29, 0.717) is 40.9 Å². The van der Waals surface area contributed by atoms with Gasteiger partial charge in [0.15, 0.2) is 5.82 Å². The Labute approximate surface area is 223 Å². The first-order valence-electron chi connectivity index (χ1n) is 15.3. The third kappa shape index (κ3) is 4.76. The van der Waals surface area contributed by atoms with Crippen LogP contribution in [0.25, 0.3) is 0 Å². The fourth-order valence-corrected chi connectivity index (χ4v) is 10.5. The summed E-state index contributed by atoms with van der Waals surface area (Å²) >= 11 is 0. The van der Waals surface area contributed by atoms with E-state index in [0.717, 1.165) is 50.3 Å². The van der Waals surface area contributed by atoms with Crippen LogP contribution < -0.4 is 0 Å². The summed E-state index contributed by atoms with van der Waals surface area (Å²) in [5, 5.41) is 25.1. The lowest BCUT2D eigenvalue weighted by molar-refractivity contribution is -0.217. The summed E-state index contributed by atoms with van der Waals surface area (Å²) in [5.41, 5.74) is 0.573. The van der Waals surface area contributed by atoms with E-state index in [1.807, 2.05) is 0 Å². The van der Waals surface area contributed by atoms with Crippen molar-refractivity contribution in [3.63, 3.8) is 0 Å². The normalized spacial score (nSPS) is 43.9. The first-order valence-corrected chi connectivity index (χ1v) is 15.3. The molecule has 0 aliphatic heterocycles. The number of aryl methyl sites for hydroxylation is 1. The molecule has 208 valence electrons. The topological polar surface area (TPSA) is 101 Å². The minimum absolute atomic E-state index is 0.00418. The Balaban J connectivity index is 1.35. The van der Waals surface area contributed by atoms with Crippen LogP contribution in [0.1, 0.15) is 111 Å². The highest BCUT2D eigenvalue weighted by molar-refractivity contribution is 5.66. The van der Waals surface area contributed by atoms with Crippen LogP contribution in [0.2, 0.25) is 0 Å². The Morgan fingerprint density at radius 2 is 1.86 bits per heavy atom. The Hall–Kier alpha value is -1.50. The van der Waals surface area contributed by atoms with Crippen LogP contribution >= 0.6 is 0 Å². The van der Waals surface area contributed by atoms with Gasteiger partial charge in [-0.05, 0) is 104 Å². The predicted octanol–water partition coefficient (Wildman–Crippen LogP) is 5.75. The molecule has 0 amide bonds. The van der Waals surface area contributed by atoms with Crippen molar-refractivity contribution in [2.24, 2.45) is 52.3 Å². The number of carbonyl (C=O) groups is 1. The summed E-state index contributed by atoms with van der Waals surface area (Å²) < 4.78 is 6.32. The molecule has 0 unspecified atom stereocenters. The number of tetrazole rings is 1. The summed E-state index contributed by atoms with van der Waals surface area (Å²) in [6, 6.07) is 0. The number of ether oxygens (including phenoxy) is 1. The minimum Gasteiger partial charge on any atom is -0.462 e. The maximum Gasteiger partial charge on any atom is 0.302 e. The van der Waals surface area contributed by atoms with E-state index in [1.165, 1.54) is 38.5 Å². The quantitative estimate of drug-likeness (QED) is 0.339. The number of aliphatic hydroxyl groups excluding tert-OH is 1. The Morgan fingerprint density at radius 1 is 1.11 bits per heavy atom. The molecule has 4 aliphatic carbocycles. The number of aromatic nitrogens is 4. The zero-order valence-corrected chi connectivity index (χ0v) is 23.8. The molecule has 4 aliphatic rings. The van der Waals surface area contributed by atoms with E-state index in [4.69, 9.17) is 4.74 Å². The molecule has 7 nitrogen and oxygen atoms in total. The van der Waals surface area contributed by atoms with E-state index >= 15 is 0 Å². The third-order valence-electron chi connectivity index (χ3n) is 12.1. The molecule has 7 heteroatoms. The van der Waals surface area contributed by atoms with Crippen molar-refractivity contribution in [1.82, 2.24) is 20.6 Å². The Morgan fingerprint density at radius 3 is 2.57 bits per heavy atom. The first kappa shape index (κ1) is 27.1. The summed E-state index contributed by atoms with van der Waals surface area (Å²) in [6.45, 7) is 11.5. The van der Waals surface area contributed by atoms with E-state index < -0.39 is 0 Å². The molecule has 0 spiro atoms. The number of hydrogen-bond acceptors (Lipinski definition) is 6. The molecule has 4 saturated carbocycles. The number of H-pyrrole nitrogens is 1. The molecule has 1 aromatic heterocycles. The number of aliphatic hydroxyl groups is 1. The number of fused-ring (bicyclic) bond motifs is 5. The minimum atomic E-state index is -0.202. The van der Waals surface area contributed by atoms with Crippen LogP contribution in [0.4, 0.5) is 0 Å². The largest absolute Gasteiger partial charge is 0.462 e. The summed E-state index contributed by atoms with van der Waals surface area (Å²) in [4.78, 5) is 12.4. The molecule has 1 heterocycles. The van der Waals surface area contributed by atoms with Crippen molar-refractivity contribution in [3.8, 4) is 0 Å². The molecule has 4 fully saturated rings. The lowest BCUT2D eigenvalue weighted by atomic mass is 9.41. The van der Waals surface area contributed by atoms with Gasteiger partial charge in [0.25, 0.3) is 0 Å². The first-order chi connectivity index (χ1) is 17.7. The standard InChI is InChI=1S/C30H50N4O3/c1-6-21-25-17-20(36)13-15-30(25,5)24-14-16-29(4)22(11-12-23(29)27(24)28(21)37-19(3)35)18(2)9-7-8-10-26-31-33-34-32-26/h18,20-25,27-28,36H,6-17H2,1-5H3,(H,31,32,33,34)/t18-,20-,21-,22-,23+,24+,25+,27+,28-,29-,30-/m1/s1. The molecule has 0 aromatic carbocycles. The summed E-state index contributed by atoms with van der Waals surface area (Å²) in [7, 11) is 0. The second-order valence-electron chi connectivity index (χ2n) is 13.8. The molecular formula is C30H50N4O3. The molecule has 1 aromatic rings. The summed E-state index contributed by atoms with van der Waals surface area (Å²) in [6.07, 6.45) is 13.3. The highest BCUT2D eigenvalue weighted by Gasteiger charge is 2.65. The summed E-state index contributed by atoms with van der Waals surface area (Å²) in [5.74, 6) is 4.61. The number of aromatic amines is 1. The van der Waals surface area contributed by atoms with Crippen LogP contribution in [0.5, 0.6) is 0 Å². The number of nitrogens with zero attached hydrogens (tertiary/aromatic N) is 3. The maximum atomic E-state index is 12.4. The van der Waals surface area contributed by atoms with Crippen molar-refractivity contribution in [1.29, 1.82) is 0 Å². The molecule has 0 bridgehead atoms. The van der Waals surface area contributed by atoms with Crippen molar-refractivity contribution in [3.05, 3.63) is 5.82 Å². The molecular weight excluding hydrogens is 464 g/mol. The SMILES string of the molecule is CC[C@H]1[C@@H](OC(C)=O)[C@@H]2[C@H](CC[C@]3(C)[C@@H]([C@H](C)CCCCc4nn[nH]n4)CC[C@@H]23)[C@@]2(C)CC[C@@H](O)C[C@@H]12. The molecule has 37 heavy (non-hydrogen) atoms. The Kier molecular flexibility index (Phi) is 7.74. The number of nitrogens with one attached hydrogen (secondary N) is 1.